The summed E-state index contributed by atoms with van der Waals surface area (Å²) in [7, 11) is 4.22. The van der Waals surface area contributed by atoms with E-state index in [1.54, 1.807) is 6.20 Å². The number of aromatic nitrogens is 1. The lowest BCUT2D eigenvalue weighted by molar-refractivity contribution is -0.134. The third-order valence-corrected chi connectivity index (χ3v) is 5.09. The van der Waals surface area contributed by atoms with Crippen molar-refractivity contribution in [1.29, 1.82) is 0 Å². The van der Waals surface area contributed by atoms with Gasteiger partial charge in [0.1, 0.15) is 5.75 Å². The molecule has 5 heteroatoms. The lowest BCUT2D eigenvalue weighted by Crippen LogP contribution is -2.45. The number of fused-ring (bicyclic) bond motifs is 1. The normalized spacial score (nSPS) is 18.8. The molecule has 126 valence electrons. The Morgan fingerprint density at radius 2 is 2.04 bits per heavy atom. The van der Waals surface area contributed by atoms with Crippen molar-refractivity contribution in [2.75, 3.05) is 33.8 Å². The zero-order valence-corrected chi connectivity index (χ0v) is 14.3. The molecule has 1 aromatic rings. The summed E-state index contributed by atoms with van der Waals surface area (Å²) >= 11 is 0. The number of ether oxygens (including phenoxy) is 1. The van der Waals surface area contributed by atoms with Gasteiger partial charge in [0.15, 0.2) is 6.61 Å². The molecule has 0 unspecified atom stereocenters. The second-order valence-corrected chi connectivity index (χ2v) is 6.81. The first kappa shape index (κ1) is 16.2. The summed E-state index contributed by atoms with van der Waals surface area (Å²) in [6.45, 7) is 1.81. The van der Waals surface area contributed by atoms with Gasteiger partial charge < -0.3 is 14.5 Å². The van der Waals surface area contributed by atoms with Crippen LogP contribution in [0.25, 0.3) is 0 Å². The number of rotatable bonds is 4. The predicted octanol–water partition coefficient (Wildman–Crippen LogP) is 1.89. The van der Waals surface area contributed by atoms with Crippen LogP contribution < -0.4 is 4.74 Å². The van der Waals surface area contributed by atoms with Crippen LogP contribution >= 0.6 is 0 Å². The second kappa shape index (κ2) is 7.30. The largest absolute Gasteiger partial charge is 0.483 e. The fourth-order valence-corrected chi connectivity index (χ4v) is 3.59. The first-order valence-electron chi connectivity index (χ1n) is 8.69. The topological polar surface area (TPSA) is 45.7 Å². The van der Waals surface area contributed by atoms with Crippen LogP contribution in [0.1, 0.15) is 36.9 Å². The van der Waals surface area contributed by atoms with Crippen molar-refractivity contribution in [2.45, 2.75) is 44.6 Å². The van der Waals surface area contributed by atoms with Crippen molar-refractivity contribution < 1.29 is 9.53 Å². The van der Waals surface area contributed by atoms with Crippen LogP contribution in [-0.2, 0) is 17.6 Å². The molecule has 0 spiro atoms. The standard InChI is InChI=1S/C18H27N3O2/c1-20(2)14-8-11-21(12-9-14)18(22)13-23-17-7-10-19-16-6-4-3-5-15(16)17/h7,10,14H,3-6,8-9,11-13H2,1-2H3. The summed E-state index contributed by atoms with van der Waals surface area (Å²) in [5.41, 5.74) is 2.35. The van der Waals surface area contributed by atoms with Gasteiger partial charge in [-0.3, -0.25) is 9.78 Å². The van der Waals surface area contributed by atoms with Crippen molar-refractivity contribution in [3.8, 4) is 5.75 Å². The predicted molar refractivity (Wildman–Crippen MR) is 89.7 cm³/mol. The molecule has 3 rings (SSSR count). The summed E-state index contributed by atoms with van der Waals surface area (Å²) in [4.78, 5) is 21.0. The van der Waals surface area contributed by atoms with Gasteiger partial charge in [0.2, 0.25) is 0 Å². The maximum absolute atomic E-state index is 12.4. The number of amides is 1. The molecule has 1 aromatic heterocycles. The summed E-state index contributed by atoms with van der Waals surface area (Å²) < 4.78 is 5.85. The van der Waals surface area contributed by atoms with Crippen LogP contribution in [0.2, 0.25) is 0 Å². The van der Waals surface area contributed by atoms with E-state index in [2.05, 4.69) is 24.0 Å². The van der Waals surface area contributed by atoms with Crippen LogP contribution in [0.3, 0.4) is 0 Å². The molecule has 0 bridgehead atoms. The third kappa shape index (κ3) is 3.83. The number of carbonyl (C=O) groups excluding carboxylic acids is 1. The number of nitrogens with zero attached hydrogens (tertiary/aromatic N) is 3. The van der Waals surface area contributed by atoms with E-state index in [0.29, 0.717) is 6.04 Å². The molecule has 0 aromatic carbocycles. The quantitative estimate of drug-likeness (QED) is 0.851. The molecule has 2 aliphatic rings. The number of carbonyl (C=O) groups is 1. The van der Waals surface area contributed by atoms with Crippen molar-refractivity contribution in [2.24, 2.45) is 0 Å². The smallest absolute Gasteiger partial charge is 0.260 e. The number of likely N-dealkylation sites (tertiary alicyclic amines) is 1. The zero-order valence-electron chi connectivity index (χ0n) is 14.3. The Hall–Kier alpha value is -1.62. The maximum Gasteiger partial charge on any atom is 0.260 e. The van der Waals surface area contributed by atoms with Crippen LogP contribution in [0.4, 0.5) is 0 Å². The molecule has 0 saturated carbocycles. The SMILES string of the molecule is CN(C)C1CCN(C(=O)COc2ccnc3c2CCCC3)CC1. The Balaban J connectivity index is 1.54. The highest BCUT2D eigenvalue weighted by atomic mass is 16.5. The van der Waals surface area contributed by atoms with E-state index in [0.717, 1.165) is 50.2 Å². The molecule has 23 heavy (non-hydrogen) atoms. The van der Waals surface area contributed by atoms with Gasteiger partial charge in [-0.25, -0.2) is 0 Å². The molecule has 0 radical (unpaired) electrons. The molecular weight excluding hydrogens is 290 g/mol. The highest BCUT2D eigenvalue weighted by Crippen LogP contribution is 2.28. The monoisotopic (exact) mass is 317 g/mol. The maximum atomic E-state index is 12.4. The molecule has 1 aliphatic carbocycles. The highest BCUT2D eigenvalue weighted by Gasteiger charge is 2.24. The summed E-state index contributed by atoms with van der Waals surface area (Å²) in [6, 6.07) is 2.49. The zero-order chi connectivity index (χ0) is 16.2. The first-order valence-corrected chi connectivity index (χ1v) is 8.69. The summed E-state index contributed by atoms with van der Waals surface area (Å²) in [6.07, 6.45) is 8.31. The van der Waals surface area contributed by atoms with Gasteiger partial charge in [-0.05, 0) is 58.7 Å². The Morgan fingerprint density at radius 3 is 2.78 bits per heavy atom. The van der Waals surface area contributed by atoms with Gasteiger partial charge in [-0.15, -0.1) is 0 Å². The Kier molecular flexibility index (Phi) is 5.16. The van der Waals surface area contributed by atoms with Crippen molar-refractivity contribution >= 4 is 5.91 Å². The molecule has 1 saturated heterocycles. The summed E-state index contributed by atoms with van der Waals surface area (Å²) in [5.74, 6) is 0.954. The average Bonchev–Trinajstić information content (AvgIpc) is 2.59. The van der Waals surface area contributed by atoms with Gasteiger partial charge >= 0.3 is 0 Å². The Morgan fingerprint density at radius 1 is 1.30 bits per heavy atom. The van der Waals surface area contributed by atoms with Crippen molar-refractivity contribution in [3.63, 3.8) is 0 Å². The lowest BCUT2D eigenvalue weighted by Gasteiger charge is -2.35. The number of aryl methyl sites for hydroxylation is 1. The molecule has 0 N–H and O–H groups in total. The Labute approximate surface area is 138 Å². The first-order chi connectivity index (χ1) is 11.1. The lowest BCUT2D eigenvalue weighted by atomic mass is 9.95. The molecule has 1 fully saturated rings. The van der Waals surface area contributed by atoms with Crippen LogP contribution in [-0.4, -0.2) is 60.5 Å². The van der Waals surface area contributed by atoms with E-state index in [-0.39, 0.29) is 12.5 Å². The molecule has 5 nitrogen and oxygen atoms in total. The second-order valence-electron chi connectivity index (χ2n) is 6.81. The molecule has 2 heterocycles. The number of piperidine rings is 1. The minimum Gasteiger partial charge on any atom is -0.483 e. The van der Waals surface area contributed by atoms with E-state index >= 15 is 0 Å². The summed E-state index contributed by atoms with van der Waals surface area (Å²) in [5, 5.41) is 0. The van der Waals surface area contributed by atoms with E-state index in [9.17, 15) is 4.79 Å². The van der Waals surface area contributed by atoms with E-state index < -0.39 is 0 Å². The average molecular weight is 317 g/mol. The van der Waals surface area contributed by atoms with E-state index in [1.165, 1.54) is 18.4 Å². The molecule has 0 atom stereocenters. The van der Waals surface area contributed by atoms with Crippen molar-refractivity contribution in [1.82, 2.24) is 14.8 Å². The van der Waals surface area contributed by atoms with E-state index in [4.69, 9.17) is 4.74 Å². The number of hydrogen-bond acceptors (Lipinski definition) is 4. The van der Waals surface area contributed by atoms with Gasteiger partial charge in [0, 0.05) is 36.6 Å². The number of hydrogen-bond donors (Lipinski definition) is 0. The fourth-order valence-electron chi connectivity index (χ4n) is 3.59. The third-order valence-electron chi connectivity index (χ3n) is 5.09. The van der Waals surface area contributed by atoms with Crippen LogP contribution in [0, 0.1) is 0 Å². The van der Waals surface area contributed by atoms with Gasteiger partial charge in [-0.2, -0.15) is 0 Å². The molecule has 1 amide bonds. The molecule has 1 aliphatic heterocycles. The van der Waals surface area contributed by atoms with E-state index in [1.807, 2.05) is 11.0 Å². The van der Waals surface area contributed by atoms with Gasteiger partial charge in [-0.1, -0.05) is 0 Å². The van der Waals surface area contributed by atoms with Crippen LogP contribution in [0.5, 0.6) is 5.75 Å². The highest BCUT2D eigenvalue weighted by molar-refractivity contribution is 5.78. The van der Waals surface area contributed by atoms with Gasteiger partial charge in [0.05, 0.1) is 0 Å². The van der Waals surface area contributed by atoms with Crippen molar-refractivity contribution in [3.05, 3.63) is 23.5 Å². The van der Waals surface area contributed by atoms with Crippen LogP contribution in [0.15, 0.2) is 12.3 Å². The Bertz CT molecular complexity index is 551. The minimum absolute atomic E-state index is 0.101. The molecular formula is C18H27N3O2. The number of pyridine rings is 1. The van der Waals surface area contributed by atoms with Gasteiger partial charge in [0.25, 0.3) is 5.91 Å². The minimum atomic E-state index is 0.101. The fraction of sp³-hybridized carbons (Fsp3) is 0.667.